The summed E-state index contributed by atoms with van der Waals surface area (Å²) in [6.07, 6.45) is 3.17. The number of fused-ring (bicyclic) bond motifs is 4. The number of para-hydroxylation sites is 2. The number of nitrogens with zero attached hydrogens (tertiary/aromatic N) is 4. The van der Waals surface area contributed by atoms with E-state index in [1.165, 1.54) is 45.8 Å². The molecule has 0 N–H and O–H groups in total. The molecule has 13 aromatic carbocycles. The van der Waals surface area contributed by atoms with Crippen LogP contribution < -0.4 is 50.8 Å². The number of benzene rings is 13. The Morgan fingerprint density at radius 2 is 0.894 bits per heavy atom. The number of hydrogen-bond acceptors (Lipinski definition) is 2. The van der Waals surface area contributed by atoms with Crippen molar-refractivity contribution in [3.8, 4) is 50.9 Å². The van der Waals surface area contributed by atoms with Gasteiger partial charge in [-0.3, -0.25) is 0 Å². The summed E-state index contributed by atoms with van der Waals surface area (Å²) in [5.74, 6) is 0.672. The van der Waals surface area contributed by atoms with Gasteiger partial charge < -0.3 is 9.30 Å². The van der Waals surface area contributed by atoms with Gasteiger partial charge in [0.15, 0.2) is 27.2 Å². The van der Waals surface area contributed by atoms with Gasteiger partial charge in [-0.1, -0.05) is 340 Å². The molecular formula is C96H83N4OPtSi2-. The van der Waals surface area contributed by atoms with E-state index in [1.54, 1.807) is 36.5 Å². The molecule has 0 atom stereocenters. The Hall–Kier alpha value is -10.8. The van der Waals surface area contributed by atoms with Gasteiger partial charge >= 0.3 is 0 Å². The van der Waals surface area contributed by atoms with Gasteiger partial charge in [0.05, 0.1) is 46.6 Å². The number of hydrogen-bond donors (Lipinski definition) is 0. The van der Waals surface area contributed by atoms with Gasteiger partial charge in [0, 0.05) is 61.1 Å². The first-order valence-corrected chi connectivity index (χ1v) is 37.1. The molecule has 0 aliphatic carbocycles. The molecule has 104 heavy (non-hydrogen) atoms. The van der Waals surface area contributed by atoms with Gasteiger partial charge in [-0.2, -0.15) is 16.7 Å². The third-order valence-corrected chi connectivity index (χ3v) is 26.7. The molecule has 0 amide bonds. The van der Waals surface area contributed by atoms with E-state index in [9.17, 15) is 38.4 Å². The zero-order chi connectivity index (χ0) is 100. The van der Waals surface area contributed by atoms with Gasteiger partial charge in [0.25, 0.3) is 6.33 Å². The van der Waals surface area contributed by atoms with Crippen molar-refractivity contribution < 1.29 is 77.0 Å². The minimum absolute atomic E-state index is 0. The maximum atomic E-state index is 11.4. The first-order valence-electron chi connectivity index (χ1n) is 50.1. The third kappa shape index (κ3) is 12.4. The van der Waals surface area contributed by atoms with Crippen molar-refractivity contribution in [2.75, 3.05) is 0 Å². The van der Waals surface area contributed by atoms with Crippen LogP contribution in [0, 0.1) is 12.1 Å². The van der Waals surface area contributed by atoms with Gasteiger partial charge in [0.2, 0.25) is 0 Å². The second kappa shape index (κ2) is 27.8. The topological polar surface area (TPSA) is 35.9 Å². The second-order valence-corrected chi connectivity index (χ2v) is 35.0. The van der Waals surface area contributed by atoms with Gasteiger partial charge in [0.1, 0.15) is 11.5 Å². The van der Waals surface area contributed by atoms with Crippen molar-refractivity contribution in [2.24, 2.45) is 0 Å². The molecule has 5 nitrogen and oxygen atoms in total. The van der Waals surface area contributed by atoms with E-state index < -0.39 is 274 Å². The van der Waals surface area contributed by atoms with Crippen LogP contribution in [0.15, 0.2) is 339 Å². The smallest absolute Gasteiger partial charge is 0.253 e. The molecule has 0 fully saturated rings. The average molecular weight is 1590 g/mol. The molecule has 0 saturated carbocycles. The van der Waals surface area contributed by atoms with Crippen LogP contribution in [0.4, 0.5) is 0 Å². The van der Waals surface area contributed by atoms with E-state index in [4.69, 9.17) is 17.9 Å². The van der Waals surface area contributed by atoms with Crippen molar-refractivity contribution in [1.29, 1.82) is 0 Å². The molecule has 0 aliphatic heterocycles. The molecular weight excluding hydrogens is 1480 g/mol. The third-order valence-electron chi connectivity index (χ3n) is 18.6. The van der Waals surface area contributed by atoms with Gasteiger partial charge in [-0.05, 0) is 121 Å². The summed E-state index contributed by atoms with van der Waals surface area (Å²) in [6, 6.07) is 2.61. The van der Waals surface area contributed by atoms with Crippen molar-refractivity contribution >= 4 is 90.5 Å². The van der Waals surface area contributed by atoms with Crippen molar-refractivity contribution in [3.05, 3.63) is 368 Å². The van der Waals surface area contributed by atoms with E-state index in [0.29, 0.717) is 16.9 Å². The summed E-state index contributed by atoms with van der Waals surface area (Å²) in [5.41, 5.74) is 1.17. The van der Waals surface area contributed by atoms with E-state index in [0.717, 1.165) is 33.0 Å². The molecule has 0 unspecified atom stereocenters. The monoisotopic (exact) mass is 1590 g/mol. The first-order chi connectivity index (χ1) is 64.1. The van der Waals surface area contributed by atoms with Crippen molar-refractivity contribution in [2.45, 2.75) is 78.6 Å². The molecule has 16 aromatic rings. The largest absolute Gasteiger partial charge is 0.509 e. The number of pyridine rings is 1. The molecule has 3 heterocycles. The molecule has 0 saturated heterocycles. The summed E-state index contributed by atoms with van der Waals surface area (Å²) in [4.78, 5) is 4.86. The van der Waals surface area contributed by atoms with Crippen molar-refractivity contribution in [1.82, 2.24) is 14.1 Å². The number of aromatic nitrogens is 4. The Kier molecular flexibility index (Phi) is 10.6. The van der Waals surface area contributed by atoms with E-state index in [2.05, 4.69) is 32.9 Å². The quantitative estimate of drug-likeness (QED) is 0.0444. The average Bonchev–Trinajstić information content (AvgIpc) is 0.975. The zero-order valence-electron chi connectivity index (χ0n) is 91.7. The van der Waals surface area contributed by atoms with Crippen LogP contribution in [0.3, 0.4) is 0 Å². The zero-order valence-corrected chi connectivity index (χ0v) is 62.0. The maximum Gasteiger partial charge on any atom is 0.253 e. The summed E-state index contributed by atoms with van der Waals surface area (Å²) in [7, 11) is -12.6. The Bertz CT molecular complexity index is 7440. The summed E-state index contributed by atoms with van der Waals surface area (Å²) < 4.78 is 343. The minimum Gasteiger partial charge on any atom is -0.509 e. The molecule has 0 aliphatic rings. The molecule has 0 radical (unpaired) electrons. The van der Waals surface area contributed by atoms with Crippen LogP contribution in [0.25, 0.3) is 72.3 Å². The summed E-state index contributed by atoms with van der Waals surface area (Å²) in [5, 5.41) is -5.73. The predicted molar refractivity (Wildman–Crippen MR) is 435 cm³/mol. The standard InChI is InChI=1S/C96H83N4OSi2.Pt/c1-94(2,3)70-57-58-97-92(63-70)100-88-52-29-28-49-86(88)87-55-53-75(65-90(87)100)101-74-35-31-34-73(64-74)98-67-99(89-56-54-83(66-91(89)98)103(79-42-22-13-23-43-79,80-44-24-14-25-45-80)81-46-26-15-27-47-81)93-84(50-32-51-85(93)69-59-71(95(4,5)6)62-72(60-69)96(7,8)9)68-33-30-48-82(61-68)102(76-36-16-10-17-37-76,77-38-18-11-19-39-77)78-40-20-12-21-41-78;/h10-63,66-67H,1-9H3;/q-1;/i10D,11D,12D,13D,14D,15D,16D,17D,18D,19D,20D,21D,22D,23D,24D,25D,26D,27D,30D,33D,36D,37D,38D,39D,40D,41D,42D,43D,44D,45D,46D,47D,48D,61D;. The summed E-state index contributed by atoms with van der Waals surface area (Å²) >= 11 is 0. The fourth-order valence-corrected chi connectivity index (χ4v) is 20.8. The van der Waals surface area contributed by atoms with Crippen LogP contribution in [0.1, 0.15) is 126 Å². The molecule has 3 aromatic heterocycles. The Morgan fingerprint density at radius 1 is 0.404 bits per heavy atom. The number of ether oxygens (including phenoxy) is 1. The Morgan fingerprint density at radius 3 is 1.43 bits per heavy atom. The first kappa shape index (κ1) is 39.7. The minimum atomic E-state index is -6.58. The van der Waals surface area contributed by atoms with Crippen LogP contribution >= 0.6 is 0 Å². The van der Waals surface area contributed by atoms with Crippen molar-refractivity contribution in [3.63, 3.8) is 0 Å². The fraction of sp³-hybridized carbons (Fsp3) is 0.125. The van der Waals surface area contributed by atoms with Crippen LogP contribution in [0.2, 0.25) is 0 Å². The fourth-order valence-electron chi connectivity index (χ4n) is 13.4. The second-order valence-electron chi connectivity index (χ2n) is 27.9. The molecule has 0 spiro atoms. The number of rotatable bonds is 15. The molecule has 16 rings (SSSR count). The molecule has 0 bridgehead atoms. The normalized spacial score (nSPS) is 16.8. The van der Waals surface area contributed by atoms with E-state index >= 15 is 0 Å². The van der Waals surface area contributed by atoms with Crippen LogP contribution in [-0.2, 0) is 37.3 Å². The number of imidazole rings is 1. The molecule has 8 heteroatoms. The van der Waals surface area contributed by atoms with Crippen LogP contribution in [0.5, 0.6) is 11.5 Å². The molecule has 512 valence electrons. The summed E-state index contributed by atoms with van der Waals surface area (Å²) in [6.45, 7) is 18.0. The van der Waals surface area contributed by atoms with E-state index in [-0.39, 0.29) is 76.7 Å². The predicted octanol–water partition coefficient (Wildman–Crippen LogP) is 17.8. The Balaban J connectivity index is 0.0000144. The maximum absolute atomic E-state index is 11.4. The van der Waals surface area contributed by atoms with Crippen LogP contribution in [-0.4, -0.2) is 30.3 Å². The van der Waals surface area contributed by atoms with Gasteiger partial charge in [-0.25, -0.2) is 9.55 Å². The SMILES string of the molecule is [2H]c1c([2H])c([2H])c([Si](c2ccc3c(c2)n(-c2[c-]c(Oc4[c-]c5c(cc4)c4ccccc4n5-c4cc(C(C)(C)C)ccn4)ccc2)c[n+]3-c2c(-c3cc(C(C)(C)C)cc(C(C)(C)C)c3)cccc2-c2c([2H])c([2H])c([2H])c([Si](c3c([2H])c([2H])c([2H])c([2H])c3[2H])(c3c([2H])c([2H])c([2H])c([2H])c3[2H])c3c([2H])c([2H])c([2H])c([2H])c3[2H])c2[2H])(c2c([2H])c([2H])c([2H])c([2H])c2[2H])c2c([2H])c([2H])c([2H])c([2H])c2[2H])c([2H])c1[2H].[Pt]. The van der Waals surface area contributed by atoms with E-state index in [1.807, 2.05) is 107 Å². The van der Waals surface area contributed by atoms with Gasteiger partial charge in [-0.15, -0.1) is 29.7 Å². The Labute approximate surface area is 676 Å².